The van der Waals surface area contributed by atoms with Gasteiger partial charge in [0.05, 0.1) is 0 Å². The minimum Gasteiger partial charge on any atom is -0.338 e. The van der Waals surface area contributed by atoms with Gasteiger partial charge in [-0.1, -0.05) is 0 Å². The molecule has 0 aromatic rings. The van der Waals surface area contributed by atoms with Crippen molar-refractivity contribution in [3.63, 3.8) is 0 Å². The monoisotopic (exact) mass is 213 g/mol. The Morgan fingerprint density at radius 1 is 1.60 bits per heavy atom. The van der Waals surface area contributed by atoms with Gasteiger partial charge in [0.2, 0.25) is 0 Å². The molecule has 88 valence electrons. The van der Waals surface area contributed by atoms with E-state index in [4.69, 9.17) is 0 Å². The van der Waals surface area contributed by atoms with Gasteiger partial charge in [-0.05, 0) is 40.2 Å². The summed E-state index contributed by atoms with van der Waals surface area (Å²) in [6.45, 7) is 8.67. The average molecular weight is 213 g/mol. The highest BCUT2D eigenvalue weighted by Gasteiger charge is 2.22. The summed E-state index contributed by atoms with van der Waals surface area (Å²) in [5, 5.41) is 6.28. The van der Waals surface area contributed by atoms with Gasteiger partial charge in [0, 0.05) is 25.2 Å². The van der Waals surface area contributed by atoms with Crippen molar-refractivity contribution in [3.05, 3.63) is 0 Å². The van der Waals surface area contributed by atoms with Crippen LogP contribution in [0.25, 0.3) is 0 Å². The zero-order chi connectivity index (χ0) is 11.3. The molecule has 2 amide bonds. The summed E-state index contributed by atoms with van der Waals surface area (Å²) in [4.78, 5) is 13.7. The second-order valence-electron chi connectivity index (χ2n) is 4.37. The maximum Gasteiger partial charge on any atom is 0.317 e. The van der Waals surface area contributed by atoms with Crippen molar-refractivity contribution in [2.24, 2.45) is 0 Å². The van der Waals surface area contributed by atoms with Crippen molar-refractivity contribution >= 4 is 6.03 Å². The molecule has 0 saturated carbocycles. The normalized spacial score (nSPS) is 20.7. The number of carbonyl (C=O) groups excluding carboxylic acids is 1. The van der Waals surface area contributed by atoms with E-state index in [1.165, 1.54) is 12.8 Å². The number of rotatable bonds is 4. The highest BCUT2D eigenvalue weighted by Crippen LogP contribution is 2.09. The molecule has 1 saturated heterocycles. The van der Waals surface area contributed by atoms with Crippen LogP contribution in [0.2, 0.25) is 0 Å². The molecular weight excluding hydrogens is 190 g/mol. The lowest BCUT2D eigenvalue weighted by Crippen LogP contribution is -2.49. The number of hydrogen-bond donors (Lipinski definition) is 2. The van der Waals surface area contributed by atoms with E-state index in [-0.39, 0.29) is 12.1 Å². The smallest absolute Gasteiger partial charge is 0.317 e. The summed E-state index contributed by atoms with van der Waals surface area (Å²) < 4.78 is 0. The summed E-state index contributed by atoms with van der Waals surface area (Å²) in [7, 11) is 0. The SMILES string of the molecule is CCNC(=O)N(CC1CCCN1)C(C)C. The third kappa shape index (κ3) is 3.70. The largest absolute Gasteiger partial charge is 0.338 e. The summed E-state index contributed by atoms with van der Waals surface area (Å²) in [6, 6.07) is 0.801. The van der Waals surface area contributed by atoms with E-state index < -0.39 is 0 Å². The average Bonchev–Trinajstić information content (AvgIpc) is 2.66. The van der Waals surface area contributed by atoms with E-state index in [1.54, 1.807) is 0 Å². The molecule has 1 atom stereocenters. The highest BCUT2D eigenvalue weighted by molar-refractivity contribution is 5.74. The summed E-state index contributed by atoms with van der Waals surface area (Å²) in [5.41, 5.74) is 0. The molecule has 0 aromatic carbocycles. The van der Waals surface area contributed by atoms with E-state index in [9.17, 15) is 4.79 Å². The molecule has 0 aliphatic carbocycles. The molecule has 4 nitrogen and oxygen atoms in total. The van der Waals surface area contributed by atoms with Gasteiger partial charge in [-0.25, -0.2) is 4.79 Å². The third-order valence-electron chi connectivity index (χ3n) is 2.79. The van der Waals surface area contributed by atoms with Crippen molar-refractivity contribution in [2.75, 3.05) is 19.6 Å². The molecule has 1 aliphatic rings. The first-order valence-electron chi connectivity index (χ1n) is 5.93. The minimum absolute atomic E-state index is 0.0567. The molecular formula is C11H23N3O. The molecule has 0 bridgehead atoms. The van der Waals surface area contributed by atoms with Crippen LogP contribution in [-0.4, -0.2) is 42.6 Å². The van der Waals surface area contributed by atoms with E-state index in [1.807, 2.05) is 11.8 Å². The molecule has 0 aromatic heterocycles. The fourth-order valence-corrected chi connectivity index (χ4v) is 1.93. The van der Waals surface area contributed by atoms with E-state index in [0.717, 1.165) is 13.1 Å². The van der Waals surface area contributed by atoms with Gasteiger partial charge in [-0.15, -0.1) is 0 Å². The summed E-state index contributed by atoms with van der Waals surface area (Å²) in [5.74, 6) is 0. The van der Waals surface area contributed by atoms with Crippen LogP contribution < -0.4 is 10.6 Å². The van der Waals surface area contributed by atoms with Gasteiger partial charge in [-0.3, -0.25) is 0 Å². The maximum absolute atomic E-state index is 11.8. The van der Waals surface area contributed by atoms with Crippen molar-refractivity contribution in [1.82, 2.24) is 15.5 Å². The molecule has 1 unspecified atom stereocenters. The molecule has 15 heavy (non-hydrogen) atoms. The fraction of sp³-hybridized carbons (Fsp3) is 0.909. The van der Waals surface area contributed by atoms with Gasteiger partial charge < -0.3 is 15.5 Å². The Bertz CT molecular complexity index is 200. The van der Waals surface area contributed by atoms with Crippen molar-refractivity contribution in [2.45, 2.75) is 45.7 Å². The van der Waals surface area contributed by atoms with Gasteiger partial charge >= 0.3 is 6.03 Å². The predicted molar refractivity (Wildman–Crippen MR) is 61.9 cm³/mol. The van der Waals surface area contributed by atoms with Crippen molar-refractivity contribution < 1.29 is 4.79 Å². The van der Waals surface area contributed by atoms with Crippen LogP contribution in [0.1, 0.15) is 33.6 Å². The van der Waals surface area contributed by atoms with Crippen LogP contribution >= 0.6 is 0 Å². The van der Waals surface area contributed by atoms with Crippen LogP contribution in [0.4, 0.5) is 4.79 Å². The number of urea groups is 1. The first-order chi connectivity index (χ1) is 7.15. The van der Waals surface area contributed by atoms with Gasteiger partial charge in [0.25, 0.3) is 0 Å². The molecule has 2 N–H and O–H groups in total. The standard InChI is InChI=1S/C11H23N3O/c1-4-12-11(15)14(9(2)3)8-10-6-5-7-13-10/h9-10,13H,4-8H2,1-3H3,(H,12,15). The van der Waals surface area contributed by atoms with Gasteiger partial charge in [0.15, 0.2) is 0 Å². The molecule has 4 heteroatoms. The van der Waals surface area contributed by atoms with Crippen LogP contribution in [0.5, 0.6) is 0 Å². The zero-order valence-corrected chi connectivity index (χ0v) is 10.0. The second kappa shape index (κ2) is 5.95. The lowest BCUT2D eigenvalue weighted by molar-refractivity contribution is 0.177. The number of nitrogens with one attached hydrogen (secondary N) is 2. The van der Waals surface area contributed by atoms with E-state index in [0.29, 0.717) is 12.6 Å². The van der Waals surface area contributed by atoms with Crippen molar-refractivity contribution in [1.29, 1.82) is 0 Å². The van der Waals surface area contributed by atoms with Crippen LogP contribution in [0, 0.1) is 0 Å². The van der Waals surface area contributed by atoms with Crippen LogP contribution in [0.15, 0.2) is 0 Å². The zero-order valence-electron chi connectivity index (χ0n) is 10.0. The lowest BCUT2D eigenvalue weighted by atomic mass is 10.2. The van der Waals surface area contributed by atoms with Gasteiger partial charge in [-0.2, -0.15) is 0 Å². The fourth-order valence-electron chi connectivity index (χ4n) is 1.93. The molecule has 1 heterocycles. The summed E-state index contributed by atoms with van der Waals surface area (Å²) >= 11 is 0. The lowest BCUT2D eigenvalue weighted by Gasteiger charge is -2.29. The quantitative estimate of drug-likeness (QED) is 0.736. The topological polar surface area (TPSA) is 44.4 Å². The summed E-state index contributed by atoms with van der Waals surface area (Å²) in [6.07, 6.45) is 2.41. The highest BCUT2D eigenvalue weighted by atomic mass is 16.2. The van der Waals surface area contributed by atoms with E-state index in [2.05, 4.69) is 24.5 Å². The number of amides is 2. The molecule has 0 radical (unpaired) electrons. The van der Waals surface area contributed by atoms with Crippen molar-refractivity contribution in [3.8, 4) is 0 Å². The number of hydrogen-bond acceptors (Lipinski definition) is 2. The maximum atomic E-state index is 11.8. The Hall–Kier alpha value is -0.770. The first-order valence-corrected chi connectivity index (χ1v) is 5.93. The molecule has 0 spiro atoms. The Morgan fingerprint density at radius 3 is 2.80 bits per heavy atom. The first kappa shape index (κ1) is 12.3. The third-order valence-corrected chi connectivity index (χ3v) is 2.79. The Kier molecular flexibility index (Phi) is 4.88. The number of nitrogens with zero attached hydrogens (tertiary/aromatic N) is 1. The molecule has 1 fully saturated rings. The Morgan fingerprint density at radius 2 is 2.33 bits per heavy atom. The minimum atomic E-state index is 0.0567. The number of carbonyl (C=O) groups is 1. The molecule has 1 rings (SSSR count). The van der Waals surface area contributed by atoms with Crippen LogP contribution in [-0.2, 0) is 0 Å². The van der Waals surface area contributed by atoms with E-state index >= 15 is 0 Å². The Labute approximate surface area is 92.4 Å². The molecule has 1 aliphatic heterocycles. The van der Waals surface area contributed by atoms with Crippen LogP contribution in [0.3, 0.4) is 0 Å². The van der Waals surface area contributed by atoms with Gasteiger partial charge in [0.1, 0.15) is 0 Å². The second-order valence-corrected chi connectivity index (χ2v) is 4.37. The predicted octanol–water partition coefficient (Wildman–Crippen LogP) is 1.18. The Balaban J connectivity index is 2.45.